The van der Waals surface area contributed by atoms with E-state index in [0.717, 1.165) is 128 Å². The van der Waals surface area contributed by atoms with Crippen LogP contribution >= 0.6 is 0 Å². The van der Waals surface area contributed by atoms with Crippen LogP contribution in [0.4, 0.5) is 17.6 Å². The van der Waals surface area contributed by atoms with Gasteiger partial charge in [0.25, 0.3) is 0 Å². The van der Waals surface area contributed by atoms with Gasteiger partial charge < -0.3 is 35.2 Å². The quantitative estimate of drug-likeness (QED) is 0.192. The summed E-state index contributed by atoms with van der Waals surface area (Å²) in [5.41, 5.74) is 7.61. The average Bonchev–Trinajstić information content (AvgIpc) is 1.53. The maximum Gasteiger partial charge on any atom is 0.118 e. The van der Waals surface area contributed by atoms with Crippen LogP contribution in [0.15, 0.2) is 0 Å². The highest BCUT2D eigenvalue weighted by atomic mass is 19.1. The summed E-state index contributed by atoms with van der Waals surface area (Å²) in [6, 6.07) is 4.37. The van der Waals surface area contributed by atoms with Gasteiger partial charge in [-0.2, -0.15) is 0 Å². The molecule has 2 aliphatic carbocycles. The molecule has 9 saturated heterocycles. The van der Waals surface area contributed by atoms with E-state index in [-0.39, 0.29) is 51.9 Å². The van der Waals surface area contributed by atoms with Crippen molar-refractivity contribution in [1.29, 1.82) is 0 Å². The van der Waals surface area contributed by atoms with E-state index < -0.39 is 24.7 Å². The Balaban J connectivity index is 0.00000128. The summed E-state index contributed by atoms with van der Waals surface area (Å²) in [6.07, 6.45) is 0.0218. The summed E-state index contributed by atoms with van der Waals surface area (Å²) in [5.74, 6) is 2.14. The molecule has 0 radical (unpaired) electrons. The van der Waals surface area contributed by atoms with Crippen LogP contribution in [0.25, 0.3) is 0 Å². The lowest BCUT2D eigenvalue weighted by molar-refractivity contribution is 0.0163. The van der Waals surface area contributed by atoms with E-state index >= 15 is 0 Å². The van der Waals surface area contributed by atoms with E-state index in [0.29, 0.717) is 78.8 Å². The van der Waals surface area contributed by atoms with Gasteiger partial charge in [0, 0.05) is 217 Å². The highest BCUT2D eigenvalue weighted by Crippen LogP contribution is 2.65. The molecule has 3 N–H and O–H groups in total. The molecule has 111 heavy (non-hydrogen) atoms. The summed E-state index contributed by atoms with van der Waals surface area (Å²) in [7, 11) is 8.43. The fourth-order valence-corrected chi connectivity index (χ4v) is 20.2. The van der Waals surface area contributed by atoms with Crippen LogP contribution in [0.5, 0.6) is 0 Å². The van der Waals surface area contributed by atoms with Gasteiger partial charge in [0.1, 0.15) is 24.7 Å². The first-order valence-electron chi connectivity index (χ1n) is 45.6. The molecule has 9 aliphatic heterocycles. The van der Waals surface area contributed by atoms with Crippen LogP contribution in [0.1, 0.15) is 276 Å². The minimum Gasteiger partial charge on any atom is -0.379 e. The molecule has 19 heteroatoms. The Morgan fingerprint density at radius 1 is 0.360 bits per heavy atom. The van der Waals surface area contributed by atoms with E-state index in [1.54, 1.807) is 0 Å². The molecule has 11 aliphatic rings. The lowest BCUT2D eigenvalue weighted by Gasteiger charge is -2.41. The highest BCUT2D eigenvalue weighted by molar-refractivity contribution is 5.22. The van der Waals surface area contributed by atoms with E-state index in [1.165, 1.54) is 25.9 Å². The molecule has 15 nitrogen and oxygen atoms in total. The molecular weight excluding hydrogens is 1400 g/mol. The van der Waals surface area contributed by atoms with Crippen LogP contribution in [-0.2, 0) is 9.47 Å². The first-order valence-corrected chi connectivity index (χ1v) is 45.6. The second-order valence-electron chi connectivity index (χ2n) is 39.9. The van der Waals surface area contributed by atoms with Gasteiger partial charge in [-0.3, -0.25) is 39.2 Å². The molecule has 0 aromatic carbocycles. The predicted molar refractivity (Wildman–Crippen MR) is 477 cm³/mol. The van der Waals surface area contributed by atoms with Crippen molar-refractivity contribution in [2.45, 2.75) is 382 Å². The monoisotopic (exact) mass is 1590 g/mol. The minimum absolute atomic E-state index is 0.0132. The van der Waals surface area contributed by atoms with Crippen LogP contribution in [0.3, 0.4) is 0 Å². The average molecular weight is 1590 g/mol. The van der Waals surface area contributed by atoms with Crippen LogP contribution < -0.4 is 11.1 Å². The SMILES string of the molecule is CC.CC.CC.CC.CC.CC.C[C@@H]1C(CN(C)C)[C@@]2(C)C[C@H]2N1C(C)(C)C.C[C@@H]1C(CN2CCOCC2)[C@@]2(C)C[C@H]2N1C(C)(C)C.C[C@@H]1[C@H](CN(C)C)[C@@H](F)CN1C(C)(C)C.C[C@@H]1[C@H](CN)[C@@H](F)CN1C(C)(C)C.C[C@@H]1[C@H](CN2CCNCC2)[C@@H](F)CN1C(C)(C)C.C[C@@H]1[C@H](CN2CCOCC2)[C@@H](F)CN1C(C)(C)C. The smallest absolute Gasteiger partial charge is 0.118 e. The van der Waals surface area contributed by atoms with Crippen molar-refractivity contribution in [2.75, 3.05) is 172 Å². The number of morpholine rings is 2. The highest BCUT2D eigenvalue weighted by Gasteiger charge is 2.69. The minimum atomic E-state index is -0.751. The summed E-state index contributed by atoms with van der Waals surface area (Å²) in [5, 5.41) is 3.35. The van der Waals surface area contributed by atoms with E-state index in [9.17, 15) is 17.6 Å². The predicted octanol–water partition coefficient (Wildman–Crippen LogP) is 17.3. The second kappa shape index (κ2) is 49.1. The van der Waals surface area contributed by atoms with Crippen molar-refractivity contribution < 1.29 is 27.0 Å². The van der Waals surface area contributed by atoms with Gasteiger partial charge in [0.15, 0.2) is 0 Å². The second-order valence-corrected chi connectivity index (χ2v) is 39.9. The van der Waals surface area contributed by atoms with Gasteiger partial charge in [-0.25, -0.2) is 17.6 Å². The number of hydrogen-bond acceptors (Lipinski definition) is 15. The molecular formula is C92H195F4N13O2. The molecule has 0 amide bonds. The van der Waals surface area contributed by atoms with Crippen LogP contribution in [-0.4, -0.2) is 333 Å². The molecule has 0 spiro atoms. The first kappa shape index (κ1) is 110. The molecule has 668 valence electrons. The number of nitrogens with zero attached hydrogens (tertiary/aromatic N) is 11. The topological polar surface area (TPSA) is 92.2 Å². The Bertz CT molecular complexity index is 2340. The molecule has 11 fully saturated rings. The van der Waals surface area contributed by atoms with Gasteiger partial charge >= 0.3 is 0 Å². The van der Waals surface area contributed by atoms with Crippen molar-refractivity contribution in [2.24, 2.45) is 52.1 Å². The van der Waals surface area contributed by atoms with Gasteiger partial charge in [0.05, 0.1) is 26.4 Å². The number of likely N-dealkylation sites (tertiary alicyclic amines) is 6. The normalized spacial score (nSPS) is 34.9. The zero-order valence-electron chi connectivity index (χ0n) is 81.7. The van der Waals surface area contributed by atoms with E-state index in [4.69, 9.17) is 15.2 Å². The third-order valence-electron chi connectivity index (χ3n) is 25.9. The zero-order chi connectivity index (χ0) is 86.8. The number of halogens is 4. The molecule has 0 aromatic rings. The largest absolute Gasteiger partial charge is 0.379 e. The third kappa shape index (κ3) is 31.6. The Morgan fingerprint density at radius 2 is 0.622 bits per heavy atom. The zero-order valence-corrected chi connectivity index (χ0v) is 81.7. The van der Waals surface area contributed by atoms with Crippen molar-refractivity contribution >= 4 is 0 Å². The van der Waals surface area contributed by atoms with Gasteiger partial charge in [-0.15, -0.1) is 0 Å². The standard InChI is InChI=1S/C16H30N2O.C14H28FN3.C14H27FN2O.C14H28N2.C12H25FN2.C10H21FN2.6C2H6/c1-12-13(11-17-6-8-19-9-7-17)16(5)10-14(16)18(12)15(2,3)4;1-11-12(9-17-7-5-16-6-8-17)13(15)10-18(11)14(2,3)4;1-11-12(9-16-5-7-18-8-6-16)13(15)10-17(11)14(2,3)4;1-10-11(9-15(6)7)14(5)8-12(14)16(10)13(2,3)4;1-9-10(7-14(5)6)11(13)8-15(9)12(2,3)4;1-7-8(5-12)9(11)6-13(7)10(2,3)4;6*1-2/h12-14H,6-11H2,1-5H3;11-13,16H,5-10H2,1-4H3;11-13H,5-10H2,1-4H3;10-12H,8-9H2,1-7H3;9-11H,7-8H2,1-6H3;7-9H,5-6,12H2,1-4H3;6*1-2H3/t12-,13?,14-,16-;2*11-,12+,13+;10-,11?,12-,14-;9-,10+,11+;7-,8+,9+;;;;;;/m111111....../s1. The van der Waals surface area contributed by atoms with E-state index in [2.05, 4.69) is 253 Å². The molecule has 9 heterocycles. The first-order chi connectivity index (χ1) is 51.4. The molecule has 0 aromatic heterocycles. The van der Waals surface area contributed by atoms with Crippen molar-refractivity contribution in [3.05, 3.63) is 0 Å². The van der Waals surface area contributed by atoms with Crippen LogP contribution in [0, 0.1) is 46.3 Å². The Hall–Kier alpha value is -0.880. The van der Waals surface area contributed by atoms with Gasteiger partial charge in [-0.05, 0) is 236 Å². The fraction of sp³-hybridized carbons (Fsp3) is 1.00. The Morgan fingerprint density at radius 3 is 0.892 bits per heavy atom. The summed E-state index contributed by atoms with van der Waals surface area (Å²) >= 11 is 0. The third-order valence-corrected chi connectivity index (χ3v) is 25.9. The number of hydrogen-bond donors (Lipinski definition) is 2. The molecule has 2 saturated carbocycles. The molecule has 2 unspecified atom stereocenters. The fourth-order valence-electron chi connectivity index (χ4n) is 20.2. The number of fused-ring (bicyclic) bond motifs is 2. The lowest BCUT2D eigenvalue weighted by atomic mass is 9.86. The number of piperidine rings is 2. The summed E-state index contributed by atoms with van der Waals surface area (Å²) < 4.78 is 66.8. The Kier molecular flexibility index (Phi) is 48.7. The number of rotatable bonds is 11. The van der Waals surface area contributed by atoms with Crippen molar-refractivity contribution in [1.82, 2.24) is 59.2 Å². The van der Waals surface area contributed by atoms with Crippen LogP contribution in [0.2, 0.25) is 0 Å². The number of ether oxygens (including phenoxy) is 2. The molecule has 11 rings (SSSR count). The molecule has 20 atom stereocenters. The summed E-state index contributed by atoms with van der Waals surface area (Å²) in [6.45, 7) is 102. The maximum absolute atomic E-state index is 14.3. The number of nitrogens with one attached hydrogen (secondary N) is 1. The van der Waals surface area contributed by atoms with Crippen molar-refractivity contribution in [3.8, 4) is 0 Å². The Labute approximate surface area is 689 Å². The number of alkyl halides is 4. The van der Waals surface area contributed by atoms with Gasteiger partial charge in [0.2, 0.25) is 0 Å². The lowest BCUT2D eigenvalue weighted by Crippen LogP contribution is -2.49. The number of piperazine rings is 1. The maximum atomic E-state index is 14.3. The summed E-state index contributed by atoms with van der Waals surface area (Å²) in [4.78, 5) is 26.5. The van der Waals surface area contributed by atoms with E-state index in [1.807, 2.05) is 97.2 Å². The molecule has 0 bridgehead atoms. The number of nitrogens with two attached hydrogens (primary N) is 1. The van der Waals surface area contributed by atoms with Gasteiger partial charge in [-0.1, -0.05) is 96.9 Å². The van der Waals surface area contributed by atoms with Crippen molar-refractivity contribution in [3.63, 3.8) is 0 Å².